The van der Waals surface area contributed by atoms with Crippen molar-refractivity contribution in [1.29, 1.82) is 0 Å². The Morgan fingerprint density at radius 2 is 1.79 bits per heavy atom. The summed E-state index contributed by atoms with van der Waals surface area (Å²) in [5, 5.41) is 2.81. The molecule has 1 heterocycles. The van der Waals surface area contributed by atoms with Gasteiger partial charge in [0.2, 0.25) is 5.91 Å². The third-order valence-electron chi connectivity index (χ3n) is 4.81. The van der Waals surface area contributed by atoms with E-state index >= 15 is 0 Å². The molecular weight excluding hydrogens is 371 g/mol. The quantitative estimate of drug-likeness (QED) is 0.751. The first kappa shape index (κ1) is 19.9. The minimum atomic E-state index is -4.43. The topological polar surface area (TPSA) is 55.4 Å². The van der Waals surface area contributed by atoms with Gasteiger partial charge in [-0.1, -0.05) is 42.5 Å². The molecule has 3 rings (SSSR count). The van der Waals surface area contributed by atoms with Crippen molar-refractivity contribution in [3.8, 4) is 0 Å². The molecule has 7 heteroatoms. The molecule has 4 nitrogen and oxygen atoms in total. The van der Waals surface area contributed by atoms with Crippen LogP contribution in [-0.4, -0.2) is 17.9 Å². The molecule has 2 unspecified atom stereocenters. The third-order valence-corrected chi connectivity index (χ3v) is 4.81. The minimum absolute atomic E-state index is 0.0247. The van der Waals surface area contributed by atoms with Gasteiger partial charge in [-0.05, 0) is 29.7 Å². The summed E-state index contributed by atoms with van der Waals surface area (Å²) in [6, 6.07) is 13.6. The average Bonchev–Trinajstić information content (AvgIpc) is 3.11. The zero-order chi connectivity index (χ0) is 20.1. The summed E-state index contributed by atoms with van der Waals surface area (Å²) in [7, 11) is 0. The van der Waals surface area contributed by atoms with Crippen LogP contribution in [0.5, 0.6) is 0 Å². The molecule has 0 aromatic heterocycles. The van der Waals surface area contributed by atoms with E-state index in [4.69, 9.17) is 4.74 Å². The van der Waals surface area contributed by atoms with Crippen LogP contribution in [0.4, 0.5) is 13.2 Å². The van der Waals surface area contributed by atoms with Gasteiger partial charge in [0.15, 0.2) is 0 Å². The highest BCUT2D eigenvalue weighted by molar-refractivity contribution is 5.79. The maximum atomic E-state index is 12.8. The molecule has 2 aromatic carbocycles. The Balaban J connectivity index is 1.72. The number of esters is 1. The number of nitrogens with one attached hydrogen (secondary N) is 1. The van der Waals surface area contributed by atoms with E-state index in [1.165, 1.54) is 12.1 Å². The predicted octanol–water partition coefficient (Wildman–Crippen LogP) is 4.20. The van der Waals surface area contributed by atoms with Gasteiger partial charge in [-0.25, -0.2) is 0 Å². The Kier molecular flexibility index (Phi) is 6.02. The summed E-state index contributed by atoms with van der Waals surface area (Å²) in [5.74, 6) is -1.04. The lowest BCUT2D eigenvalue weighted by Gasteiger charge is -2.23. The number of amides is 1. The molecule has 0 aliphatic carbocycles. The molecule has 0 saturated carbocycles. The summed E-state index contributed by atoms with van der Waals surface area (Å²) in [6.45, 7) is 0.121. The van der Waals surface area contributed by atoms with Gasteiger partial charge in [-0.15, -0.1) is 0 Å². The summed E-state index contributed by atoms with van der Waals surface area (Å²) in [4.78, 5) is 23.9. The van der Waals surface area contributed by atoms with Crippen molar-refractivity contribution in [2.75, 3.05) is 0 Å². The predicted molar refractivity (Wildman–Crippen MR) is 96.2 cm³/mol. The molecule has 1 aliphatic heterocycles. The lowest BCUT2D eigenvalue weighted by atomic mass is 9.87. The highest BCUT2D eigenvalue weighted by atomic mass is 19.4. The van der Waals surface area contributed by atoms with Crippen molar-refractivity contribution in [2.24, 2.45) is 0 Å². The number of hydrogen-bond donors (Lipinski definition) is 1. The van der Waals surface area contributed by atoms with Crippen LogP contribution in [0.3, 0.4) is 0 Å². The van der Waals surface area contributed by atoms with E-state index < -0.39 is 23.6 Å². The molecule has 0 bridgehead atoms. The van der Waals surface area contributed by atoms with E-state index in [1.54, 1.807) is 0 Å². The van der Waals surface area contributed by atoms with Gasteiger partial charge in [0.05, 0.1) is 12.0 Å². The molecule has 28 heavy (non-hydrogen) atoms. The highest BCUT2D eigenvalue weighted by Gasteiger charge is 2.34. The standard InChI is InChI=1S/C21H20F3NO3/c22-21(23,24)16-8-6-15(7-9-16)17(18-10-11-19(26)25-18)12-20(27)28-13-14-4-2-1-3-5-14/h1-9,17-18H,10-13H2,(H,25,26). The second-order valence-corrected chi connectivity index (χ2v) is 6.79. The van der Waals surface area contributed by atoms with E-state index in [0.29, 0.717) is 18.4 Å². The van der Waals surface area contributed by atoms with Crippen LogP contribution in [0.1, 0.15) is 41.9 Å². The molecule has 0 spiro atoms. The Morgan fingerprint density at radius 1 is 1.11 bits per heavy atom. The summed E-state index contributed by atoms with van der Waals surface area (Å²) >= 11 is 0. The number of benzene rings is 2. The van der Waals surface area contributed by atoms with Gasteiger partial charge in [0.25, 0.3) is 0 Å². The van der Waals surface area contributed by atoms with Crippen LogP contribution in [0.25, 0.3) is 0 Å². The van der Waals surface area contributed by atoms with E-state index in [1.807, 2.05) is 30.3 Å². The van der Waals surface area contributed by atoms with Crippen molar-refractivity contribution in [3.63, 3.8) is 0 Å². The van der Waals surface area contributed by atoms with Gasteiger partial charge < -0.3 is 10.1 Å². The lowest BCUT2D eigenvalue weighted by molar-refractivity contribution is -0.145. The molecule has 2 atom stereocenters. The zero-order valence-electron chi connectivity index (χ0n) is 15.0. The van der Waals surface area contributed by atoms with Gasteiger partial charge in [-0.3, -0.25) is 9.59 Å². The van der Waals surface area contributed by atoms with E-state index in [-0.39, 0.29) is 25.0 Å². The van der Waals surface area contributed by atoms with Gasteiger partial charge >= 0.3 is 12.1 Å². The molecular formula is C21H20F3NO3. The van der Waals surface area contributed by atoms with Crippen LogP contribution in [0, 0.1) is 0 Å². The van der Waals surface area contributed by atoms with Gasteiger partial charge in [0.1, 0.15) is 6.61 Å². The third kappa shape index (κ3) is 5.12. The van der Waals surface area contributed by atoms with Crippen molar-refractivity contribution < 1.29 is 27.5 Å². The fourth-order valence-electron chi connectivity index (χ4n) is 3.33. The fourth-order valence-corrected chi connectivity index (χ4v) is 3.33. The molecule has 1 amide bonds. The van der Waals surface area contributed by atoms with Crippen molar-refractivity contribution >= 4 is 11.9 Å². The maximum absolute atomic E-state index is 12.8. The van der Waals surface area contributed by atoms with Crippen molar-refractivity contribution in [1.82, 2.24) is 5.32 Å². The maximum Gasteiger partial charge on any atom is 0.416 e. The summed E-state index contributed by atoms with van der Waals surface area (Å²) in [5.41, 5.74) is 0.657. The number of halogens is 3. The van der Waals surface area contributed by atoms with Crippen LogP contribution < -0.4 is 5.32 Å². The highest BCUT2D eigenvalue weighted by Crippen LogP contribution is 2.33. The Hall–Kier alpha value is -2.83. The number of rotatable bonds is 6. The largest absolute Gasteiger partial charge is 0.461 e. The first-order valence-electron chi connectivity index (χ1n) is 8.99. The monoisotopic (exact) mass is 391 g/mol. The first-order valence-corrected chi connectivity index (χ1v) is 8.99. The number of carbonyl (C=O) groups is 2. The van der Waals surface area contributed by atoms with Crippen LogP contribution in [0.2, 0.25) is 0 Å². The van der Waals surface area contributed by atoms with Crippen LogP contribution >= 0.6 is 0 Å². The van der Waals surface area contributed by atoms with E-state index in [0.717, 1.165) is 17.7 Å². The molecule has 0 radical (unpaired) electrons. The van der Waals surface area contributed by atoms with E-state index in [2.05, 4.69) is 5.32 Å². The second kappa shape index (κ2) is 8.46. The molecule has 2 aromatic rings. The van der Waals surface area contributed by atoms with Crippen LogP contribution in [-0.2, 0) is 27.1 Å². The van der Waals surface area contributed by atoms with Crippen molar-refractivity contribution in [3.05, 3.63) is 71.3 Å². The number of carbonyl (C=O) groups excluding carboxylic acids is 2. The number of ether oxygens (including phenoxy) is 1. The van der Waals surface area contributed by atoms with Crippen molar-refractivity contribution in [2.45, 2.75) is 44.0 Å². The first-order chi connectivity index (χ1) is 13.3. The molecule has 148 valence electrons. The summed E-state index contributed by atoms with van der Waals surface area (Å²) < 4.78 is 43.8. The zero-order valence-corrected chi connectivity index (χ0v) is 15.0. The Bertz CT molecular complexity index is 819. The van der Waals surface area contributed by atoms with Crippen LogP contribution in [0.15, 0.2) is 54.6 Å². The number of alkyl halides is 3. The normalized spacial score (nSPS) is 17.8. The molecule has 1 aliphatic rings. The van der Waals surface area contributed by atoms with E-state index in [9.17, 15) is 22.8 Å². The average molecular weight is 391 g/mol. The lowest BCUT2D eigenvalue weighted by Crippen LogP contribution is -2.33. The molecule has 1 saturated heterocycles. The molecule has 1 N–H and O–H groups in total. The minimum Gasteiger partial charge on any atom is -0.461 e. The summed E-state index contributed by atoms with van der Waals surface area (Å²) in [6.07, 6.45) is -3.59. The van der Waals surface area contributed by atoms with Gasteiger partial charge in [0, 0.05) is 18.4 Å². The number of hydrogen-bond acceptors (Lipinski definition) is 3. The molecule has 1 fully saturated rings. The fraction of sp³-hybridized carbons (Fsp3) is 0.333. The van der Waals surface area contributed by atoms with Gasteiger partial charge in [-0.2, -0.15) is 13.2 Å². The second-order valence-electron chi connectivity index (χ2n) is 6.79. The Morgan fingerprint density at radius 3 is 2.36 bits per heavy atom. The smallest absolute Gasteiger partial charge is 0.416 e. The Labute approximate surface area is 160 Å². The SMILES string of the molecule is O=C1CCC(C(CC(=O)OCc2ccccc2)c2ccc(C(F)(F)F)cc2)N1.